The van der Waals surface area contributed by atoms with Crippen molar-refractivity contribution in [3.8, 4) is 5.75 Å². The largest absolute Gasteiger partial charge is 0.494 e. The summed E-state index contributed by atoms with van der Waals surface area (Å²) in [5, 5.41) is 6.38. The van der Waals surface area contributed by atoms with Crippen LogP contribution in [-0.2, 0) is 0 Å². The Bertz CT molecular complexity index is 753. The van der Waals surface area contributed by atoms with Gasteiger partial charge in [-0.15, -0.1) is 0 Å². The number of aromatic nitrogens is 2. The minimum Gasteiger partial charge on any atom is -0.494 e. The van der Waals surface area contributed by atoms with E-state index in [0.29, 0.717) is 29.9 Å². The highest BCUT2D eigenvalue weighted by atomic mass is 16.5. The highest BCUT2D eigenvalue weighted by molar-refractivity contribution is 6.03. The van der Waals surface area contributed by atoms with E-state index in [2.05, 4.69) is 20.6 Å². The summed E-state index contributed by atoms with van der Waals surface area (Å²) in [7, 11) is 0. The monoisotopic (exact) mass is 368 g/mol. The Morgan fingerprint density at radius 1 is 1.11 bits per heavy atom. The number of ether oxygens (including phenoxy) is 1. The molecule has 0 saturated heterocycles. The van der Waals surface area contributed by atoms with Crippen molar-refractivity contribution in [2.45, 2.75) is 58.4 Å². The number of hydrogen-bond acceptors (Lipinski definition) is 5. The molecular weight excluding hydrogens is 340 g/mol. The second kappa shape index (κ2) is 9.35. The van der Waals surface area contributed by atoms with Crippen molar-refractivity contribution >= 4 is 17.4 Å². The molecule has 6 heteroatoms. The molecule has 144 valence electrons. The molecule has 0 bridgehead atoms. The number of carbonyl (C=O) groups is 1. The van der Waals surface area contributed by atoms with Gasteiger partial charge in [0.25, 0.3) is 5.91 Å². The Labute approximate surface area is 160 Å². The molecule has 0 spiro atoms. The maximum atomic E-state index is 12.6. The van der Waals surface area contributed by atoms with E-state index in [0.717, 1.165) is 24.4 Å². The number of anilines is 2. The summed E-state index contributed by atoms with van der Waals surface area (Å²) in [6.45, 7) is 4.36. The summed E-state index contributed by atoms with van der Waals surface area (Å²) in [6.07, 6.45) is 7.39. The van der Waals surface area contributed by atoms with Crippen LogP contribution in [0, 0.1) is 6.92 Å². The van der Waals surface area contributed by atoms with E-state index in [4.69, 9.17) is 4.74 Å². The number of nitrogens with one attached hydrogen (secondary N) is 2. The first-order valence-electron chi connectivity index (χ1n) is 9.80. The molecule has 1 aliphatic carbocycles. The molecule has 0 radical (unpaired) electrons. The first kappa shape index (κ1) is 19.1. The maximum absolute atomic E-state index is 12.6. The van der Waals surface area contributed by atoms with Gasteiger partial charge in [0.1, 0.15) is 23.1 Å². The summed E-state index contributed by atoms with van der Waals surface area (Å²) in [5.74, 6) is 1.86. The van der Waals surface area contributed by atoms with Crippen molar-refractivity contribution < 1.29 is 9.53 Å². The van der Waals surface area contributed by atoms with E-state index >= 15 is 0 Å². The number of carbonyl (C=O) groups excluding carboxylic acids is 1. The predicted molar refractivity (Wildman–Crippen MR) is 107 cm³/mol. The van der Waals surface area contributed by atoms with Crippen LogP contribution < -0.4 is 15.4 Å². The number of nitrogens with zero attached hydrogens (tertiary/aromatic N) is 2. The van der Waals surface area contributed by atoms with Gasteiger partial charge in [0.2, 0.25) is 0 Å². The molecule has 1 aromatic carbocycles. The van der Waals surface area contributed by atoms with Crippen LogP contribution in [0.4, 0.5) is 11.5 Å². The minimum atomic E-state index is -0.242. The van der Waals surface area contributed by atoms with E-state index in [-0.39, 0.29) is 5.91 Å². The van der Waals surface area contributed by atoms with Gasteiger partial charge < -0.3 is 15.4 Å². The van der Waals surface area contributed by atoms with Crippen molar-refractivity contribution in [2.75, 3.05) is 17.2 Å². The molecule has 0 unspecified atom stereocenters. The Morgan fingerprint density at radius 3 is 2.48 bits per heavy atom. The normalized spacial score (nSPS) is 15.0. The average molecular weight is 368 g/mol. The lowest BCUT2D eigenvalue weighted by Crippen LogP contribution is -2.21. The van der Waals surface area contributed by atoms with E-state index in [1.807, 2.05) is 38.1 Å². The molecule has 3 rings (SSSR count). The highest BCUT2D eigenvalue weighted by Gasteiger charge is 2.15. The Hall–Kier alpha value is -2.63. The van der Waals surface area contributed by atoms with Crippen molar-refractivity contribution in [3.05, 3.63) is 41.9 Å². The number of benzene rings is 1. The van der Waals surface area contributed by atoms with Crippen molar-refractivity contribution in [1.82, 2.24) is 9.97 Å². The fourth-order valence-electron chi connectivity index (χ4n) is 3.39. The second-order valence-corrected chi connectivity index (χ2v) is 6.93. The van der Waals surface area contributed by atoms with Crippen LogP contribution >= 0.6 is 0 Å². The topological polar surface area (TPSA) is 76.1 Å². The van der Waals surface area contributed by atoms with Crippen LogP contribution in [0.3, 0.4) is 0 Å². The number of aryl methyl sites for hydroxylation is 1. The third-order valence-corrected chi connectivity index (χ3v) is 4.70. The number of rotatable bonds is 6. The fourth-order valence-corrected chi connectivity index (χ4v) is 3.39. The highest BCUT2D eigenvalue weighted by Crippen LogP contribution is 2.21. The zero-order valence-electron chi connectivity index (χ0n) is 16.1. The maximum Gasteiger partial charge on any atom is 0.274 e. The third kappa shape index (κ3) is 5.67. The van der Waals surface area contributed by atoms with Gasteiger partial charge in [0, 0.05) is 17.8 Å². The molecule has 2 N–H and O–H groups in total. The summed E-state index contributed by atoms with van der Waals surface area (Å²) < 4.78 is 5.42. The Morgan fingerprint density at radius 2 is 1.81 bits per heavy atom. The van der Waals surface area contributed by atoms with Crippen LogP contribution in [-0.4, -0.2) is 28.5 Å². The Kier molecular flexibility index (Phi) is 6.63. The van der Waals surface area contributed by atoms with Gasteiger partial charge in [-0.1, -0.05) is 25.7 Å². The van der Waals surface area contributed by atoms with Crippen LogP contribution in [0.5, 0.6) is 5.75 Å². The average Bonchev–Trinajstić information content (AvgIpc) is 2.92. The van der Waals surface area contributed by atoms with Gasteiger partial charge in [-0.2, -0.15) is 0 Å². The third-order valence-electron chi connectivity index (χ3n) is 4.70. The summed E-state index contributed by atoms with van der Waals surface area (Å²) in [6, 6.07) is 9.47. The second-order valence-electron chi connectivity index (χ2n) is 6.93. The molecule has 2 aromatic rings. The molecule has 0 atom stereocenters. The lowest BCUT2D eigenvalue weighted by atomic mass is 10.1. The molecule has 1 heterocycles. The molecule has 27 heavy (non-hydrogen) atoms. The molecule has 1 fully saturated rings. The standard InChI is InChI=1S/C21H28N4O2/c1-3-27-18-12-10-17(11-13-18)25-21(26)19-14-20(23-15(2)22-19)24-16-8-6-4-5-7-9-16/h10-14,16H,3-9H2,1-2H3,(H,25,26)(H,22,23,24). The van der Waals surface area contributed by atoms with Crippen LogP contribution in [0.1, 0.15) is 61.8 Å². The first-order valence-corrected chi connectivity index (χ1v) is 9.80. The van der Waals surface area contributed by atoms with E-state index in [1.54, 1.807) is 6.07 Å². The smallest absolute Gasteiger partial charge is 0.274 e. The van der Waals surface area contributed by atoms with Crippen LogP contribution in [0.25, 0.3) is 0 Å². The van der Waals surface area contributed by atoms with Gasteiger partial charge in [-0.3, -0.25) is 4.79 Å². The summed E-state index contributed by atoms with van der Waals surface area (Å²) in [4.78, 5) is 21.4. The number of hydrogen-bond donors (Lipinski definition) is 2. The van der Waals surface area contributed by atoms with E-state index in [9.17, 15) is 4.79 Å². The molecule has 0 aliphatic heterocycles. The van der Waals surface area contributed by atoms with Crippen LogP contribution in [0.2, 0.25) is 0 Å². The number of amides is 1. The van der Waals surface area contributed by atoms with Gasteiger partial charge >= 0.3 is 0 Å². The van der Waals surface area contributed by atoms with Gasteiger partial charge in [0.15, 0.2) is 0 Å². The van der Waals surface area contributed by atoms with E-state index in [1.165, 1.54) is 25.7 Å². The predicted octanol–water partition coefficient (Wildman–Crippen LogP) is 4.57. The summed E-state index contributed by atoms with van der Waals surface area (Å²) in [5.41, 5.74) is 1.07. The molecule has 1 saturated carbocycles. The molecule has 6 nitrogen and oxygen atoms in total. The molecule has 1 aromatic heterocycles. The summed E-state index contributed by atoms with van der Waals surface area (Å²) >= 11 is 0. The molecule has 1 amide bonds. The van der Waals surface area contributed by atoms with Crippen LogP contribution in [0.15, 0.2) is 30.3 Å². The van der Waals surface area contributed by atoms with Crippen molar-refractivity contribution in [1.29, 1.82) is 0 Å². The lowest BCUT2D eigenvalue weighted by molar-refractivity contribution is 0.102. The molecular formula is C21H28N4O2. The zero-order valence-corrected chi connectivity index (χ0v) is 16.1. The SMILES string of the molecule is CCOc1ccc(NC(=O)c2cc(NC3CCCCCC3)nc(C)n2)cc1. The lowest BCUT2D eigenvalue weighted by Gasteiger charge is -2.17. The molecule has 1 aliphatic rings. The minimum absolute atomic E-state index is 0.242. The van der Waals surface area contributed by atoms with Gasteiger partial charge in [0.05, 0.1) is 6.61 Å². The first-order chi connectivity index (χ1) is 13.1. The quantitative estimate of drug-likeness (QED) is 0.731. The van der Waals surface area contributed by atoms with Crippen molar-refractivity contribution in [2.24, 2.45) is 0 Å². The van der Waals surface area contributed by atoms with Crippen molar-refractivity contribution in [3.63, 3.8) is 0 Å². The zero-order chi connectivity index (χ0) is 19.1. The van der Waals surface area contributed by atoms with Gasteiger partial charge in [-0.05, 0) is 51.0 Å². The Balaban J connectivity index is 1.67. The van der Waals surface area contributed by atoms with Gasteiger partial charge in [-0.25, -0.2) is 9.97 Å². The van der Waals surface area contributed by atoms with E-state index < -0.39 is 0 Å². The fraction of sp³-hybridized carbons (Fsp3) is 0.476.